The average molecular weight is 382 g/mol. The number of primary sulfonamides is 1. The monoisotopic (exact) mass is 382 g/mol. The number of ether oxygens (including phenoxy) is 1. The minimum absolute atomic E-state index is 0.0649. The highest BCUT2D eigenvalue weighted by molar-refractivity contribution is 7.89. The Morgan fingerprint density at radius 1 is 1.00 bits per heavy atom. The fourth-order valence-corrected chi connectivity index (χ4v) is 3.57. The fourth-order valence-electron chi connectivity index (χ4n) is 2.84. The van der Waals surface area contributed by atoms with Crippen LogP contribution in [0.15, 0.2) is 65.6 Å². The van der Waals surface area contributed by atoms with Gasteiger partial charge in [0.15, 0.2) is 0 Å². The number of methoxy groups -OCH3 is 1. The molecule has 0 radical (unpaired) electrons. The van der Waals surface area contributed by atoms with Crippen molar-refractivity contribution in [3.63, 3.8) is 0 Å². The maximum absolute atomic E-state index is 14.1. The summed E-state index contributed by atoms with van der Waals surface area (Å²) < 4.78 is 43.4. The molecule has 136 valence electrons. The summed E-state index contributed by atoms with van der Waals surface area (Å²) in [7, 11) is -2.53. The molecule has 3 rings (SSSR count). The number of sulfonamides is 1. The lowest BCUT2D eigenvalue weighted by molar-refractivity contribution is 0.414. The molecule has 0 aliphatic rings. The first-order chi connectivity index (χ1) is 12.8. The summed E-state index contributed by atoms with van der Waals surface area (Å²) in [5.74, 6) is -0.194. The van der Waals surface area contributed by atoms with Gasteiger partial charge < -0.3 is 4.74 Å². The van der Waals surface area contributed by atoms with Crippen molar-refractivity contribution in [1.82, 2.24) is 0 Å². The maximum atomic E-state index is 14.1. The Morgan fingerprint density at radius 3 is 2.30 bits per heavy atom. The Hall–Kier alpha value is -3.21. The average Bonchev–Trinajstić information content (AvgIpc) is 2.66. The standard InChI is InChI=1S/C20H15FN2O3S/c1-26-15-8-9-20(27(23,24)25)18(11-15)17-5-3-2-4-16(17)13-6-7-14(12-22)19(21)10-13/h2-11H,1H3,(H2,23,24,25). The summed E-state index contributed by atoms with van der Waals surface area (Å²) >= 11 is 0. The van der Waals surface area contributed by atoms with Crippen LogP contribution in [0.1, 0.15) is 5.56 Å². The van der Waals surface area contributed by atoms with Crippen molar-refractivity contribution < 1.29 is 17.5 Å². The third kappa shape index (κ3) is 3.67. The highest BCUT2D eigenvalue weighted by atomic mass is 32.2. The summed E-state index contributed by atoms with van der Waals surface area (Å²) in [4.78, 5) is -0.0649. The second-order valence-electron chi connectivity index (χ2n) is 5.76. The number of nitriles is 1. The molecular formula is C20H15FN2O3S. The normalized spacial score (nSPS) is 11.0. The van der Waals surface area contributed by atoms with E-state index in [4.69, 9.17) is 15.1 Å². The number of hydrogen-bond acceptors (Lipinski definition) is 4. The van der Waals surface area contributed by atoms with Crippen molar-refractivity contribution in [2.45, 2.75) is 4.90 Å². The number of nitrogens with two attached hydrogens (primary N) is 1. The maximum Gasteiger partial charge on any atom is 0.238 e. The van der Waals surface area contributed by atoms with Gasteiger partial charge in [0.1, 0.15) is 17.6 Å². The second-order valence-corrected chi connectivity index (χ2v) is 7.29. The first kappa shape index (κ1) is 18.6. The number of halogens is 1. The molecule has 0 spiro atoms. The Labute approximate surface area is 156 Å². The molecule has 0 aliphatic heterocycles. The van der Waals surface area contributed by atoms with E-state index in [2.05, 4.69) is 0 Å². The van der Waals surface area contributed by atoms with Crippen LogP contribution in [-0.2, 0) is 10.0 Å². The van der Waals surface area contributed by atoms with Gasteiger partial charge in [-0.1, -0.05) is 30.3 Å². The van der Waals surface area contributed by atoms with Crippen LogP contribution in [0.3, 0.4) is 0 Å². The predicted octanol–water partition coefficient (Wildman–Crippen LogP) is 3.69. The van der Waals surface area contributed by atoms with Gasteiger partial charge in [0.2, 0.25) is 10.0 Å². The van der Waals surface area contributed by atoms with Gasteiger partial charge >= 0.3 is 0 Å². The molecule has 7 heteroatoms. The second kappa shape index (κ2) is 7.19. The quantitative estimate of drug-likeness (QED) is 0.745. The topological polar surface area (TPSA) is 93.2 Å². The van der Waals surface area contributed by atoms with Crippen molar-refractivity contribution in [3.05, 3.63) is 72.0 Å². The van der Waals surface area contributed by atoms with E-state index in [-0.39, 0.29) is 10.5 Å². The smallest absolute Gasteiger partial charge is 0.238 e. The lowest BCUT2D eigenvalue weighted by atomic mass is 9.94. The lowest BCUT2D eigenvalue weighted by Crippen LogP contribution is -2.13. The number of rotatable bonds is 4. The van der Waals surface area contributed by atoms with Gasteiger partial charge in [0.25, 0.3) is 0 Å². The van der Waals surface area contributed by atoms with E-state index in [9.17, 15) is 12.8 Å². The summed E-state index contributed by atoms with van der Waals surface area (Å²) in [5, 5.41) is 14.3. The third-order valence-corrected chi connectivity index (χ3v) is 5.08. The van der Waals surface area contributed by atoms with Gasteiger partial charge in [-0.3, -0.25) is 0 Å². The Balaban J connectivity index is 2.30. The molecule has 0 aromatic heterocycles. The summed E-state index contributed by atoms with van der Waals surface area (Å²) in [6.45, 7) is 0. The molecule has 0 unspecified atom stereocenters. The largest absolute Gasteiger partial charge is 0.497 e. The van der Waals surface area contributed by atoms with Crippen LogP contribution < -0.4 is 9.88 Å². The molecule has 27 heavy (non-hydrogen) atoms. The van der Waals surface area contributed by atoms with Crippen molar-refractivity contribution in [2.24, 2.45) is 5.14 Å². The molecule has 0 aliphatic carbocycles. The van der Waals surface area contributed by atoms with Crippen LogP contribution in [0, 0.1) is 17.1 Å². The van der Waals surface area contributed by atoms with Crippen LogP contribution in [0.2, 0.25) is 0 Å². The number of nitrogens with zero attached hydrogens (tertiary/aromatic N) is 1. The summed E-state index contributed by atoms with van der Waals surface area (Å²) in [6, 6.07) is 17.4. The Kier molecular flexibility index (Phi) is 4.95. The minimum Gasteiger partial charge on any atom is -0.497 e. The Bertz CT molecular complexity index is 1170. The molecule has 0 saturated carbocycles. The molecule has 0 amide bonds. The molecule has 5 nitrogen and oxygen atoms in total. The van der Waals surface area contributed by atoms with E-state index >= 15 is 0 Å². The van der Waals surface area contributed by atoms with Crippen molar-refractivity contribution >= 4 is 10.0 Å². The van der Waals surface area contributed by atoms with E-state index in [1.165, 1.54) is 31.4 Å². The summed E-state index contributed by atoms with van der Waals surface area (Å²) in [5.41, 5.74) is 1.92. The van der Waals surface area contributed by atoms with Crippen LogP contribution >= 0.6 is 0 Å². The molecule has 0 bridgehead atoms. The number of benzene rings is 3. The molecule has 0 atom stereocenters. The van der Waals surface area contributed by atoms with Crippen molar-refractivity contribution in [2.75, 3.05) is 7.11 Å². The number of hydrogen-bond donors (Lipinski definition) is 1. The Morgan fingerprint density at radius 2 is 1.70 bits per heavy atom. The van der Waals surface area contributed by atoms with E-state index < -0.39 is 15.8 Å². The lowest BCUT2D eigenvalue weighted by Gasteiger charge is -2.15. The van der Waals surface area contributed by atoms with Gasteiger partial charge in [-0.25, -0.2) is 17.9 Å². The molecule has 3 aromatic rings. The molecule has 0 fully saturated rings. The van der Waals surface area contributed by atoms with Gasteiger partial charge in [0, 0.05) is 5.56 Å². The SMILES string of the molecule is COc1ccc(S(N)(=O)=O)c(-c2ccccc2-c2ccc(C#N)c(F)c2)c1. The van der Waals surface area contributed by atoms with Crippen molar-refractivity contribution in [1.29, 1.82) is 5.26 Å². The highest BCUT2D eigenvalue weighted by Gasteiger charge is 2.19. The molecule has 0 saturated heterocycles. The van der Waals surface area contributed by atoms with E-state index in [0.29, 0.717) is 28.0 Å². The summed E-state index contributed by atoms with van der Waals surface area (Å²) in [6.07, 6.45) is 0. The third-order valence-electron chi connectivity index (χ3n) is 4.11. The first-order valence-electron chi connectivity index (χ1n) is 7.85. The predicted molar refractivity (Wildman–Crippen MR) is 99.9 cm³/mol. The molecule has 0 heterocycles. The molecule has 3 aromatic carbocycles. The van der Waals surface area contributed by atoms with Crippen LogP contribution in [0.4, 0.5) is 4.39 Å². The minimum atomic E-state index is -4.00. The van der Waals surface area contributed by atoms with Gasteiger partial charge in [0.05, 0.1) is 17.6 Å². The fraction of sp³-hybridized carbons (Fsp3) is 0.0500. The highest BCUT2D eigenvalue weighted by Crippen LogP contribution is 2.37. The first-order valence-corrected chi connectivity index (χ1v) is 9.40. The van der Waals surface area contributed by atoms with Crippen molar-refractivity contribution in [3.8, 4) is 34.1 Å². The van der Waals surface area contributed by atoms with Crippen LogP contribution in [0.5, 0.6) is 5.75 Å². The zero-order valence-corrected chi connectivity index (χ0v) is 15.1. The van der Waals surface area contributed by atoms with E-state index in [1.54, 1.807) is 42.5 Å². The van der Waals surface area contributed by atoms with Crippen LogP contribution in [-0.4, -0.2) is 15.5 Å². The van der Waals surface area contributed by atoms with Gasteiger partial charge in [-0.05, 0) is 47.0 Å². The van der Waals surface area contributed by atoms with Gasteiger partial charge in [-0.15, -0.1) is 0 Å². The zero-order chi connectivity index (χ0) is 19.6. The van der Waals surface area contributed by atoms with Gasteiger partial charge in [-0.2, -0.15) is 5.26 Å². The molecular weight excluding hydrogens is 367 g/mol. The van der Waals surface area contributed by atoms with E-state index in [1.807, 2.05) is 0 Å². The van der Waals surface area contributed by atoms with E-state index in [0.717, 1.165) is 0 Å². The van der Waals surface area contributed by atoms with Crippen LogP contribution in [0.25, 0.3) is 22.3 Å². The molecule has 2 N–H and O–H groups in total. The zero-order valence-electron chi connectivity index (χ0n) is 14.3.